The Bertz CT molecular complexity index is 3020. The second-order valence-electron chi connectivity index (χ2n) is 20.3. The van der Waals surface area contributed by atoms with E-state index in [1.54, 1.807) is 52.4 Å². The molecule has 5 atom stereocenters. The molecule has 0 bridgehead atoms. The lowest BCUT2D eigenvalue weighted by Crippen LogP contribution is -2.53. The lowest BCUT2D eigenvalue weighted by Gasteiger charge is -2.35. The van der Waals surface area contributed by atoms with Crippen molar-refractivity contribution in [1.29, 1.82) is 0 Å². The smallest absolute Gasteiger partial charge is 0.407 e. The van der Waals surface area contributed by atoms with Gasteiger partial charge in [-0.15, -0.1) is 0 Å². The number of nitrogens with one attached hydrogen (secondary N) is 4. The zero-order valence-corrected chi connectivity index (χ0v) is 42.1. The highest BCUT2D eigenvalue weighted by atomic mass is 32.2. The number of aromatic amines is 2. The average molecular weight is 997 g/mol. The van der Waals surface area contributed by atoms with E-state index in [4.69, 9.17) is 14.5 Å². The summed E-state index contributed by atoms with van der Waals surface area (Å²) in [5, 5.41) is 5.17. The Morgan fingerprint density at radius 1 is 0.887 bits per heavy atom. The summed E-state index contributed by atoms with van der Waals surface area (Å²) >= 11 is 0. The third kappa shape index (κ3) is 10.7. The fourth-order valence-electron chi connectivity index (χ4n) is 9.91. The van der Waals surface area contributed by atoms with Gasteiger partial charge in [-0.25, -0.2) is 28.0 Å². The molecule has 2 aromatic heterocycles. The summed E-state index contributed by atoms with van der Waals surface area (Å²) in [6, 6.07) is 12.4. The summed E-state index contributed by atoms with van der Waals surface area (Å²) in [7, 11) is -1.20. The van der Waals surface area contributed by atoms with Crippen molar-refractivity contribution < 1.29 is 45.9 Å². The quantitative estimate of drug-likeness (QED) is 0.0652. The minimum Gasteiger partial charge on any atom is -0.453 e. The molecule has 0 radical (unpaired) electrons. The van der Waals surface area contributed by atoms with Gasteiger partial charge < -0.3 is 39.9 Å². The van der Waals surface area contributed by atoms with Gasteiger partial charge in [0.05, 0.1) is 55.5 Å². The molecule has 71 heavy (non-hydrogen) atoms. The van der Waals surface area contributed by atoms with Crippen LogP contribution in [-0.4, -0.2) is 113 Å². The van der Waals surface area contributed by atoms with Crippen molar-refractivity contribution in [3.05, 3.63) is 95.7 Å². The topological polar surface area (TPSA) is 209 Å². The molecule has 3 aliphatic carbocycles. The number of rotatable bonds is 17. The van der Waals surface area contributed by atoms with Crippen LogP contribution in [0.2, 0.25) is 0 Å². The first-order valence-corrected chi connectivity index (χ1v) is 25.9. The van der Waals surface area contributed by atoms with Crippen LogP contribution in [0, 0.1) is 17.3 Å². The number of H-pyrrole nitrogens is 2. The number of hydrogen-bond donors (Lipinski definition) is 4. The molecule has 16 nitrogen and oxygen atoms in total. The van der Waals surface area contributed by atoms with Gasteiger partial charge in [0.1, 0.15) is 23.7 Å². The number of aromatic nitrogens is 4. The number of carbonyl (C=O) groups excluding carboxylic acids is 4. The molecular weight excluding hydrogens is 935 g/mol. The van der Waals surface area contributed by atoms with Crippen molar-refractivity contribution in [3.63, 3.8) is 0 Å². The molecule has 0 aliphatic heterocycles. The second kappa shape index (κ2) is 19.5. The standard InChI is InChI=1S/C52H62F2N8O8S/c1-28(2)44(59-49(65)69-7)47(63)62(27-51(6)18-19-51)31(5)46-55-24-42(58-46)34-12-16-37-36-15-11-32(21-38(36)52(53,54)39(37)22-34)33-13-17-40-41(23-33)57-43(56-40)25-61(35-14-10-29(3)20-35)48(64)45(60-50(66)70-8)30(4)26-71(9,67)68/h11-13,15-17,21-24,28-29,31,35,44-45H,4,10,14,18-20,25-27H2,1-3,5-9H3,(H,55,58)(H,56,57)(H,59,65)(H,60,66)/t29-,31-,35+,44-,45-/m0/s1. The number of amides is 4. The number of halogens is 2. The maximum Gasteiger partial charge on any atom is 0.407 e. The highest BCUT2D eigenvalue weighted by Crippen LogP contribution is 2.53. The van der Waals surface area contributed by atoms with Gasteiger partial charge in [-0.1, -0.05) is 64.6 Å². The van der Waals surface area contributed by atoms with Crippen molar-refractivity contribution in [2.45, 2.75) is 103 Å². The molecule has 0 spiro atoms. The van der Waals surface area contributed by atoms with E-state index in [1.807, 2.05) is 26.8 Å². The Morgan fingerprint density at radius 3 is 2.11 bits per heavy atom. The van der Waals surface area contributed by atoms with Gasteiger partial charge in [-0.3, -0.25) is 9.59 Å². The van der Waals surface area contributed by atoms with Crippen LogP contribution in [-0.2, 0) is 41.4 Å². The van der Waals surface area contributed by atoms with Gasteiger partial charge in [0, 0.05) is 35.5 Å². The molecule has 4 amide bonds. The van der Waals surface area contributed by atoms with E-state index < -0.39 is 57.7 Å². The molecule has 2 saturated carbocycles. The largest absolute Gasteiger partial charge is 0.453 e. The Labute approximate surface area is 412 Å². The number of fused-ring (bicyclic) bond motifs is 4. The van der Waals surface area contributed by atoms with Gasteiger partial charge >= 0.3 is 12.2 Å². The number of alkyl halides is 2. The number of alkyl carbamates (subject to hydrolysis) is 2. The molecule has 378 valence electrons. The fraction of sp³-hybridized carbons (Fsp3) is 0.462. The van der Waals surface area contributed by atoms with Crippen LogP contribution in [0.5, 0.6) is 0 Å². The summed E-state index contributed by atoms with van der Waals surface area (Å²) < 4.78 is 67.5. The number of nitrogens with zero attached hydrogens (tertiary/aromatic N) is 4. The van der Waals surface area contributed by atoms with Crippen LogP contribution in [0.3, 0.4) is 0 Å². The van der Waals surface area contributed by atoms with E-state index in [-0.39, 0.29) is 46.5 Å². The number of imidazole rings is 2. The van der Waals surface area contributed by atoms with Crippen molar-refractivity contribution in [3.8, 4) is 33.5 Å². The van der Waals surface area contributed by atoms with Crippen molar-refractivity contribution in [1.82, 2.24) is 40.4 Å². The summed E-state index contributed by atoms with van der Waals surface area (Å²) in [6.07, 6.45) is 5.17. The normalized spacial score (nSPS) is 18.7. The van der Waals surface area contributed by atoms with Crippen LogP contribution in [0.25, 0.3) is 44.5 Å². The zero-order valence-electron chi connectivity index (χ0n) is 41.3. The SMILES string of the molecule is C=C(CS(C)(=O)=O)[C@H](NC(=O)OC)C(=O)N(Cc1nc2ccc(-c3ccc4c(c3)C(F)(F)c3cc(-c5cnc([C@H](C)N(CC6(C)CC6)C(=O)[C@@H](NC(=O)OC)C(C)C)[nH]5)ccc3-4)cc2[nH]1)[C@@H]1CC[C@H](C)C1. The van der Waals surface area contributed by atoms with E-state index in [0.717, 1.165) is 32.6 Å². The lowest BCUT2D eigenvalue weighted by molar-refractivity contribution is -0.138. The maximum absolute atomic E-state index is 16.7. The Balaban J connectivity index is 1.03. The predicted octanol–water partition coefficient (Wildman–Crippen LogP) is 8.65. The number of carbonyl (C=O) groups is 4. The van der Waals surface area contributed by atoms with Gasteiger partial charge in [0.2, 0.25) is 11.8 Å². The van der Waals surface area contributed by atoms with Crippen LogP contribution >= 0.6 is 0 Å². The van der Waals surface area contributed by atoms with Gasteiger partial charge in [-0.2, -0.15) is 8.78 Å². The van der Waals surface area contributed by atoms with Crippen LogP contribution in [0.15, 0.2) is 72.9 Å². The molecule has 2 heterocycles. The lowest BCUT2D eigenvalue weighted by atomic mass is 9.98. The van der Waals surface area contributed by atoms with Crippen LogP contribution < -0.4 is 10.6 Å². The number of ether oxygens (including phenoxy) is 2. The highest BCUT2D eigenvalue weighted by Gasteiger charge is 2.46. The average Bonchev–Trinajstić information content (AvgIpc) is 3.74. The van der Waals surface area contributed by atoms with E-state index in [1.165, 1.54) is 19.2 Å². The third-order valence-electron chi connectivity index (χ3n) is 14.2. The van der Waals surface area contributed by atoms with Crippen molar-refractivity contribution in [2.75, 3.05) is 32.8 Å². The first-order valence-electron chi connectivity index (χ1n) is 23.9. The Kier molecular flexibility index (Phi) is 14.0. The second-order valence-corrected chi connectivity index (χ2v) is 22.5. The van der Waals surface area contributed by atoms with E-state index in [0.29, 0.717) is 81.5 Å². The minimum absolute atomic E-state index is 0.00145. The predicted molar refractivity (Wildman–Crippen MR) is 265 cm³/mol. The number of sulfone groups is 1. The number of hydrogen-bond acceptors (Lipinski definition) is 10. The fourth-order valence-corrected chi connectivity index (χ4v) is 10.7. The summed E-state index contributed by atoms with van der Waals surface area (Å²) in [5.74, 6) is -3.66. The summed E-state index contributed by atoms with van der Waals surface area (Å²) in [6.45, 7) is 14.1. The minimum atomic E-state index is -3.60. The van der Waals surface area contributed by atoms with Crippen LogP contribution in [0.1, 0.15) is 95.5 Å². The maximum atomic E-state index is 16.7. The molecular formula is C52H62F2N8O8S. The number of benzene rings is 3. The molecule has 3 aliphatic rings. The molecule has 3 aromatic carbocycles. The van der Waals surface area contributed by atoms with E-state index >= 15 is 8.78 Å². The monoisotopic (exact) mass is 996 g/mol. The molecule has 8 rings (SSSR count). The molecule has 5 aromatic rings. The van der Waals surface area contributed by atoms with E-state index in [9.17, 15) is 27.6 Å². The van der Waals surface area contributed by atoms with Gasteiger partial charge in [0.25, 0.3) is 5.92 Å². The molecule has 2 fully saturated rings. The molecule has 19 heteroatoms. The first-order chi connectivity index (χ1) is 33.5. The highest BCUT2D eigenvalue weighted by molar-refractivity contribution is 7.90. The van der Waals surface area contributed by atoms with Crippen molar-refractivity contribution in [2.24, 2.45) is 17.3 Å². The van der Waals surface area contributed by atoms with Gasteiger partial charge in [-0.05, 0) is 108 Å². The van der Waals surface area contributed by atoms with Crippen molar-refractivity contribution >= 4 is 44.9 Å². The molecule has 4 N–H and O–H groups in total. The molecule has 0 saturated heterocycles. The Hall–Kier alpha value is -6.63. The first kappa shape index (κ1) is 50.7. The zero-order chi connectivity index (χ0) is 51.3. The van der Waals surface area contributed by atoms with Gasteiger partial charge in [0.15, 0.2) is 9.84 Å². The third-order valence-corrected chi connectivity index (χ3v) is 15.1. The number of methoxy groups -OCH3 is 2. The molecule has 0 unspecified atom stereocenters. The van der Waals surface area contributed by atoms with E-state index in [2.05, 4.69) is 46.0 Å². The summed E-state index contributed by atoms with van der Waals surface area (Å²) in [5.41, 5.74) is 3.88. The van der Waals surface area contributed by atoms with Crippen LogP contribution in [0.4, 0.5) is 18.4 Å². The Morgan fingerprint density at radius 2 is 1.51 bits per heavy atom. The summed E-state index contributed by atoms with van der Waals surface area (Å²) in [4.78, 5) is 72.4.